The molecular formula is C16H15N7O. The van der Waals surface area contributed by atoms with E-state index in [0.717, 1.165) is 31.7 Å². The number of hydrogen-bond donors (Lipinski definition) is 1. The van der Waals surface area contributed by atoms with E-state index in [1.54, 1.807) is 12.4 Å². The van der Waals surface area contributed by atoms with Crippen molar-refractivity contribution in [2.45, 2.75) is 6.61 Å². The van der Waals surface area contributed by atoms with Gasteiger partial charge in [-0.3, -0.25) is 4.98 Å². The second kappa shape index (κ2) is 7.36. The van der Waals surface area contributed by atoms with E-state index >= 15 is 0 Å². The number of nitrogens with one attached hydrogen (secondary N) is 1. The van der Waals surface area contributed by atoms with E-state index in [-0.39, 0.29) is 23.9 Å². The van der Waals surface area contributed by atoms with Crippen LogP contribution < -0.4 is 15.0 Å². The van der Waals surface area contributed by atoms with Crippen LogP contribution >= 0.6 is 0 Å². The molecule has 3 heterocycles. The molecule has 8 nitrogen and oxygen atoms in total. The van der Waals surface area contributed by atoms with Crippen molar-refractivity contribution < 1.29 is 4.74 Å². The fourth-order valence-electron chi connectivity index (χ4n) is 2.38. The number of anilines is 1. The van der Waals surface area contributed by atoms with Crippen LogP contribution in [0.5, 0.6) is 5.88 Å². The monoisotopic (exact) mass is 321 g/mol. The predicted octanol–water partition coefficient (Wildman–Crippen LogP) is 0.604. The zero-order valence-corrected chi connectivity index (χ0v) is 12.9. The van der Waals surface area contributed by atoms with Gasteiger partial charge in [0, 0.05) is 38.6 Å². The lowest BCUT2D eigenvalue weighted by Crippen LogP contribution is -2.44. The molecule has 1 fully saturated rings. The Morgan fingerprint density at radius 2 is 1.75 bits per heavy atom. The van der Waals surface area contributed by atoms with Gasteiger partial charge >= 0.3 is 0 Å². The summed E-state index contributed by atoms with van der Waals surface area (Å²) in [4.78, 5) is 14.5. The van der Waals surface area contributed by atoms with Gasteiger partial charge in [-0.05, 0) is 17.7 Å². The molecule has 0 bridgehead atoms. The first-order valence-corrected chi connectivity index (χ1v) is 7.51. The second-order valence-electron chi connectivity index (χ2n) is 5.15. The molecule has 0 spiro atoms. The average molecular weight is 321 g/mol. The number of nitrogens with zero attached hydrogens (tertiary/aromatic N) is 6. The summed E-state index contributed by atoms with van der Waals surface area (Å²) in [5.74, 6) is 0.769. The van der Waals surface area contributed by atoms with Crippen LogP contribution in [-0.2, 0) is 6.61 Å². The Labute approximate surface area is 139 Å². The molecule has 3 rings (SSSR count). The minimum Gasteiger partial charge on any atom is -0.470 e. The molecule has 0 amide bonds. The zero-order valence-electron chi connectivity index (χ0n) is 12.9. The third-order valence-electron chi connectivity index (χ3n) is 3.60. The van der Waals surface area contributed by atoms with Gasteiger partial charge in [0.1, 0.15) is 18.7 Å². The van der Waals surface area contributed by atoms with E-state index in [0.29, 0.717) is 5.82 Å². The number of piperazine rings is 1. The Kier molecular flexibility index (Phi) is 4.80. The average Bonchev–Trinajstić information content (AvgIpc) is 2.67. The standard InChI is InChI=1S/C16H15N7O/c17-9-13-14(10-18)22-16(24-11-12-1-3-19-4-2-12)15(21-13)23-7-5-20-6-8-23/h1-4,20H,5-8,11H2. The predicted molar refractivity (Wildman–Crippen MR) is 85.1 cm³/mol. The van der Waals surface area contributed by atoms with Crippen LogP contribution in [0.1, 0.15) is 17.0 Å². The SMILES string of the molecule is N#Cc1nc(OCc2ccncc2)c(N2CCNCC2)nc1C#N. The van der Waals surface area contributed by atoms with E-state index in [1.807, 2.05) is 29.2 Å². The first-order valence-electron chi connectivity index (χ1n) is 7.51. The number of ether oxygens (including phenoxy) is 1. The highest BCUT2D eigenvalue weighted by atomic mass is 16.5. The van der Waals surface area contributed by atoms with Gasteiger partial charge in [-0.15, -0.1) is 0 Å². The summed E-state index contributed by atoms with van der Waals surface area (Å²) >= 11 is 0. The van der Waals surface area contributed by atoms with E-state index in [4.69, 9.17) is 10.00 Å². The smallest absolute Gasteiger partial charge is 0.259 e. The molecule has 0 aliphatic carbocycles. The largest absolute Gasteiger partial charge is 0.470 e. The van der Waals surface area contributed by atoms with E-state index in [1.165, 1.54) is 0 Å². The van der Waals surface area contributed by atoms with Gasteiger partial charge in [-0.1, -0.05) is 0 Å². The lowest BCUT2D eigenvalue weighted by atomic mass is 10.3. The summed E-state index contributed by atoms with van der Waals surface area (Å²) < 4.78 is 5.79. The van der Waals surface area contributed by atoms with Gasteiger partial charge in [0.15, 0.2) is 17.2 Å². The first-order chi connectivity index (χ1) is 11.8. The van der Waals surface area contributed by atoms with Gasteiger partial charge in [0.2, 0.25) is 0 Å². The minimum atomic E-state index is -0.0267. The van der Waals surface area contributed by atoms with Crippen molar-refractivity contribution in [3.63, 3.8) is 0 Å². The molecule has 8 heteroatoms. The van der Waals surface area contributed by atoms with Crippen LogP contribution in [0, 0.1) is 22.7 Å². The van der Waals surface area contributed by atoms with Crippen LogP contribution in [0.3, 0.4) is 0 Å². The lowest BCUT2D eigenvalue weighted by Gasteiger charge is -2.29. The number of rotatable bonds is 4. The fourth-order valence-corrected chi connectivity index (χ4v) is 2.38. The lowest BCUT2D eigenvalue weighted by molar-refractivity contribution is 0.292. The number of pyridine rings is 1. The molecule has 120 valence electrons. The highest BCUT2D eigenvalue weighted by molar-refractivity contribution is 5.53. The normalized spacial score (nSPS) is 13.8. The van der Waals surface area contributed by atoms with Crippen LogP contribution in [0.2, 0.25) is 0 Å². The van der Waals surface area contributed by atoms with E-state index < -0.39 is 0 Å². The second-order valence-corrected chi connectivity index (χ2v) is 5.15. The minimum absolute atomic E-state index is 0.0160. The van der Waals surface area contributed by atoms with Gasteiger partial charge in [-0.25, -0.2) is 4.98 Å². The molecule has 2 aromatic rings. The molecule has 0 radical (unpaired) electrons. The molecule has 0 unspecified atom stereocenters. The highest BCUT2D eigenvalue weighted by Crippen LogP contribution is 2.26. The third kappa shape index (κ3) is 3.40. The Bertz CT molecular complexity index is 789. The molecule has 0 atom stereocenters. The molecule has 2 aromatic heterocycles. The summed E-state index contributed by atoms with van der Waals surface area (Å²) in [7, 11) is 0. The molecule has 0 saturated carbocycles. The van der Waals surface area contributed by atoms with Crippen molar-refractivity contribution in [1.82, 2.24) is 20.3 Å². The van der Waals surface area contributed by atoms with Gasteiger partial charge < -0.3 is 15.0 Å². The summed E-state index contributed by atoms with van der Waals surface area (Å²) in [6.45, 7) is 3.38. The van der Waals surface area contributed by atoms with Gasteiger partial charge in [-0.2, -0.15) is 15.5 Å². The van der Waals surface area contributed by atoms with Crippen LogP contribution in [0.4, 0.5) is 5.82 Å². The quantitative estimate of drug-likeness (QED) is 0.871. The van der Waals surface area contributed by atoms with Gasteiger partial charge in [0.25, 0.3) is 5.88 Å². The topological polar surface area (TPSA) is 111 Å². The third-order valence-corrected chi connectivity index (χ3v) is 3.60. The fraction of sp³-hybridized carbons (Fsp3) is 0.312. The Morgan fingerprint density at radius 1 is 1.08 bits per heavy atom. The maximum Gasteiger partial charge on any atom is 0.259 e. The Hall–Kier alpha value is -3.23. The maximum atomic E-state index is 9.19. The Balaban J connectivity index is 1.92. The van der Waals surface area contributed by atoms with Crippen LogP contribution in [0.15, 0.2) is 24.5 Å². The summed E-state index contributed by atoms with van der Waals surface area (Å²) in [6, 6.07) is 7.50. The van der Waals surface area contributed by atoms with Crippen LogP contribution in [0.25, 0.3) is 0 Å². The van der Waals surface area contributed by atoms with Crippen molar-refractivity contribution in [2.75, 3.05) is 31.1 Å². The Morgan fingerprint density at radius 3 is 2.42 bits per heavy atom. The summed E-state index contributed by atoms with van der Waals surface area (Å²) in [6.07, 6.45) is 3.36. The van der Waals surface area contributed by atoms with Crippen molar-refractivity contribution in [3.8, 4) is 18.0 Å². The molecule has 0 aromatic carbocycles. The van der Waals surface area contributed by atoms with Crippen LogP contribution in [-0.4, -0.2) is 41.1 Å². The molecule has 1 aliphatic heterocycles. The van der Waals surface area contributed by atoms with Crippen molar-refractivity contribution in [3.05, 3.63) is 41.5 Å². The molecule has 24 heavy (non-hydrogen) atoms. The first kappa shape index (κ1) is 15.7. The van der Waals surface area contributed by atoms with Crippen molar-refractivity contribution in [1.29, 1.82) is 10.5 Å². The molecule has 1 saturated heterocycles. The molecular weight excluding hydrogens is 306 g/mol. The number of hydrogen-bond acceptors (Lipinski definition) is 8. The summed E-state index contributed by atoms with van der Waals surface area (Å²) in [5, 5.41) is 21.6. The van der Waals surface area contributed by atoms with Gasteiger partial charge in [0.05, 0.1) is 0 Å². The highest BCUT2D eigenvalue weighted by Gasteiger charge is 2.21. The number of nitriles is 2. The number of aromatic nitrogens is 3. The van der Waals surface area contributed by atoms with E-state index in [9.17, 15) is 5.26 Å². The van der Waals surface area contributed by atoms with Crippen molar-refractivity contribution in [2.24, 2.45) is 0 Å². The van der Waals surface area contributed by atoms with Crippen molar-refractivity contribution >= 4 is 5.82 Å². The molecule has 1 aliphatic rings. The molecule has 1 N–H and O–H groups in total. The maximum absolute atomic E-state index is 9.19. The van der Waals surface area contributed by atoms with E-state index in [2.05, 4.69) is 20.3 Å². The summed E-state index contributed by atoms with van der Waals surface area (Å²) in [5.41, 5.74) is 0.921. The zero-order chi connectivity index (χ0) is 16.8.